The van der Waals surface area contributed by atoms with Gasteiger partial charge in [-0.3, -0.25) is 9.59 Å². The molecule has 0 saturated carbocycles. The number of esters is 1. The summed E-state index contributed by atoms with van der Waals surface area (Å²) in [5.41, 5.74) is 2.16. The highest BCUT2D eigenvalue weighted by molar-refractivity contribution is 6.31. The van der Waals surface area contributed by atoms with Crippen molar-refractivity contribution in [3.05, 3.63) is 64.7 Å². The standard InChI is InChI=1S/C21H19ClN2O4/c1-28-21(27)17-13-15(22)7-10-18(17)23-19(25)11-6-14-4-8-16(9-5-14)24-12-2-3-20(24)26/h4-11,13H,2-3,12H2,1H3,(H,23,25)/b11-6+. The third kappa shape index (κ3) is 4.58. The summed E-state index contributed by atoms with van der Waals surface area (Å²) in [6.07, 6.45) is 4.48. The average Bonchev–Trinajstić information content (AvgIpc) is 3.13. The van der Waals surface area contributed by atoms with E-state index in [1.54, 1.807) is 23.1 Å². The summed E-state index contributed by atoms with van der Waals surface area (Å²) < 4.78 is 4.71. The molecule has 1 aliphatic heterocycles. The van der Waals surface area contributed by atoms with Gasteiger partial charge >= 0.3 is 5.97 Å². The number of carbonyl (C=O) groups is 3. The summed E-state index contributed by atoms with van der Waals surface area (Å²) in [4.78, 5) is 37.6. The van der Waals surface area contributed by atoms with Gasteiger partial charge in [0.15, 0.2) is 0 Å². The zero-order valence-electron chi connectivity index (χ0n) is 15.3. The molecule has 0 unspecified atom stereocenters. The minimum Gasteiger partial charge on any atom is -0.465 e. The van der Waals surface area contributed by atoms with Gasteiger partial charge in [0.05, 0.1) is 18.4 Å². The van der Waals surface area contributed by atoms with Gasteiger partial charge in [0.1, 0.15) is 0 Å². The maximum Gasteiger partial charge on any atom is 0.340 e. The highest BCUT2D eigenvalue weighted by atomic mass is 35.5. The van der Waals surface area contributed by atoms with Gasteiger partial charge in [0, 0.05) is 29.8 Å². The number of hydrogen-bond acceptors (Lipinski definition) is 4. The highest BCUT2D eigenvalue weighted by Crippen LogP contribution is 2.23. The normalized spacial score (nSPS) is 13.8. The van der Waals surface area contributed by atoms with Crippen molar-refractivity contribution in [2.75, 3.05) is 23.9 Å². The van der Waals surface area contributed by atoms with Crippen molar-refractivity contribution in [3.63, 3.8) is 0 Å². The van der Waals surface area contributed by atoms with Gasteiger partial charge in [-0.05, 0) is 48.4 Å². The maximum atomic E-state index is 12.2. The van der Waals surface area contributed by atoms with Gasteiger partial charge in [0.25, 0.3) is 0 Å². The topological polar surface area (TPSA) is 75.7 Å². The largest absolute Gasteiger partial charge is 0.465 e. The van der Waals surface area contributed by atoms with E-state index in [9.17, 15) is 14.4 Å². The molecule has 1 fully saturated rings. The van der Waals surface area contributed by atoms with Crippen molar-refractivity contribution in [1.29, 1.82) is 0 Å². The molecule has 2 amide bonds. The Labute approximate surface area is 167 Å². The molecule has 6 nitrogen and oxygen atoms in total. The molecule has 2 aromatic carbocycles. The molecular weight excluding hydrogens is 380 g/mol. The van der Waals surface area contributed by atoms with Crippen molar-refractivity contribution in [2.24, 2.45) is 0 Å². The molecule has 28 heavy (non-hydrogen) atoms. The number of methoxy groups -OCH3 is 1. The van der Waals surface area contributed by atoms with Crippen LogP contribution in [0.15, 0.2) is 48.5 Å². The molecule has 0 aliphatic carbocycles. The van der Waals surface area contributed by atoms with Crippen LogP contribution in [0.5, 0.6) is 0 Å². The second-order valence-corrected chi connectivity index (χ2v) is 6.68. The molecule has 7 heteroatoms. The number of rotatable bonds is 5. The van der Waals surface area contributed by atoms with E-state index in [2.05, 4.69) is 5.32 Å². The Morgan fingerprint density at radius 2 is 1.93 bits per heavy atom. The fraction of sp³-hybridized carbons (Fsp3) is 0.190. The van der Waals surface area contributed by atoms with Crippen LogP contribution in [0.2, 0.25) is 5.02 Å². The van der Waals surface area contributed by atoms with Crippen molar-refractivity contribution in [1.82, 2.24) is 0 Å². The summed E-state index contributed by atoms with van der Waals surface area (Å²) in [5.74, 6) is -0.854. The molecule has 2 aromatic rings. The average molecular weight is 399 g/mol. The number of anilines is 2. The molecular formula is C21H19ClN2O4. The smallest absolute Gasteiger partial charge is 0.340 e. The molecule has 1 aliphatic rings. The quantitative estimate of drug-likeness (QED) is 0.612. The lowest BCUT2D eigenvalue weighted by Crippen LogP contribution is -2.23. The third-order valence-electron chi connectivity index (χ3n) is 4.35. The van der Waals surface area contributed by atoms with Gasteiger partial charge in [-0.1, -0.05) is 23.7 Å². The van der Waals surface area contributed by atoms with E-state index >= 15 is 0 Å². The lowest BCUT2D eigenvalue weighted by atomic mass is 10.1. The summed E-state index contributed by atoms with van der Waals surface area (Å²) in [5, 5.41) is 3.01. The lowest BCUT2D eigenvalue weighted by Gasteiger charge is -2.15. The van der Waals surface area contributed by atoms with Crippen LogP contribution in [0, 0.1) is 0 Å². The van der Waals surface area contributed by atoms with Gasteiger partial charge < -0.3 is 15.0 Å². The molecule has 0 atom stereocenters. The van der Waals surface area contributed by atoms with Gasteiger partial charge in [-0.25, -0.2) is 4.79 Å². The van der Waals surface area contributed by atoms with Crippen LogP contribution in [0.4, 0.5) is 11.4 Å². The van der Waals surface area contributed by atoms with E-state index in [1.807, 2.05) is 24.3 Å². The second kappa shape index (κ2) is 8.71. The minimum absolute atomic E-state index is 0.132. The molecule has 0 aromatic heterocycles. The van der Waals surface area contributed by atoms with Crippen molar-refractivity contribution in [3.8, 4) is 0 Å². The maximum absolute atomic E-state index is 12.2. The molecule has 0 spiro atoms. The van der Waals surface area contributed by atoms with E-state index in [4.69, 9.17) is 16.3 Å². The monoisotopic (exact) mass is 398 g/mol. The third-order valence-corrected chi connectivity index (χ3v) is 4.59. The number of halogens is 1. The Kier molecular flexibility index (Phi) is 6.11. The van der Waals surface area contributed by atoms with E-state index in [1.165, 1.54) is 19.3 Å². The molecule has 1 heterocycles. The molecule has 0 radical (unpaired) electrons. The van der Waals surface area contributed by atoms with Crippen molar-refractivity contribution in [2.45, 2.75) is 12.8 Å². The van der Waals surface area contributed by atoms with Crippen molar-refractivity contribution >= 4 is 46.8 Å². The number of nitrogens with zero attached hydrogens (tertiary/aromatic N) is 1. The fourth-order valence-electron chi connectivity index (χ4n) is 2.94. The van der Waals surface area contributed by atoms with Gasteiger partial charge in [-0.15, -0.1) is 0 Å². The first-order valence-electron chi connectivity index (χ1n) is 8.75. The SMILES string of the molecule is COC(=O)c1cc(Cl)ccc1NC(=O)/C=C/c1ccc(N2CCCC2=O)cc1. The van der Waals surface area contributed by atoms with Crippen LogP contribution in [0.25, 0.3) is 6.08 Å². The Hall–Kier alpha value is -3.12. The molecule has 144 valence electrons. The van der Waals surface area contributed by atoms with Crippen LogP contribution < -0.4 is 10.2 Å². The number of ether oxygens (including phenoxy) is 1. The number of nitrogens with one attached hydrogen (secondary N) is 1. The molecule has 1 N–H and O–H groups in total. The Morgan fingerprint density at radius 1 is 1.18 bits per heavy atom. The van der Waals surface area contributed by atoms with Crippen LogP contribution in [-0.4, -0.2) is 31.4 Å². The van der Waals surface area contributed by atoms with Gasteiger partial charge in [-0.2, -0.15) is 0 Å². The number of carbonyl (C=O) groups excluding carboxylic acids is 3. The summed E-state index contributed by atoms with van der Waals surface area (Å²) in [6, 6.07) is 11.9. The molecule has 3 rings (SSSR count). The minimum atomic E-state index is -0.589. The summed E-state index contributed by atoms with van der Waals surface area (Å²) >= 11 is 5.91. The predicted molar refractivity (Wildman–Crippen MR) is 108 cm³/mol. The zero-order chi connectivity index (χ0) is 20.1. The summed E-state index contributed by atoms with van der Waals surface area (Å²) in [7, 11) is 1.26. The predicted octanol–water partition coefficient (Wildman–Crippen LogP) is 3.91. The first-order chi connectivity index (χ1) is 13.5. The van der Waals surface area contributed by atoms with Crippen LogP contribution in [0.3, 0.4) is 0 Å². The molecule has 1 saturated heterocycles. The van der Waals surface area contributed by atoms with Crippen LogP contribution in [-0.2, 0) is 14.3 Å². The Balaban J connectivity index is 1.67. The van der Waals surface area contributed by atoms with Crippen LogP contribution >= 0.6 is 11.6 Å². The highest BCUT2D eigenvalue weighted by Gasteiger charge is 2.21. The zero-order valence-corrected chi connectivity index (χ0v) is 16.0. The number of benzene rings is 2. The second-order valence-electron chi connectivity index (χ2n) is 6.24. The van der Waals surface area contributed by atoms with Crippen LogP contribution in [0.1, 0.15) is 28.8 Å². The van der Waals surface area contributed by atoms with E-state index in [0.717, 1.165) is 24.2 Å². The van der Waals surface area contributed by atoms with E-state index < -0.39 is 11.9 Å². The Bertz CT molecular complexity index is 938. The fourth-order valence-corrected chi connectivity index (χ4v) is 3.11. The lowest BCUT2D eigenvalue weighted by molar-refractivity contribution is -0.117. The summed E-state index contributed by atoms with van der Waals surface area (Å²) in [6.45, 7) is 0.736. The first-order valence-corrected chi connectivity index (χ1v) is 9.13. The van der Waals surface area contributed by atoms with E-state index in [0.29, 0.717) is 17.1 Å². The van der Waals surface area contributed by atoms with Gasteiger partial charge in [0.2, 0.25) is 11.8 Å². The Morgan fingerprint density at radius 3 is 2.57 bits per heavy atom. The van der Waals surface area contributed by atoms with E-state index in [-0.39, 0.29) is 11.5 Å². The first kappa shape index (κ1) is 19.6. The number of hydrogen-bond donors (Lipinski definition) is 1. The van der Waals surface area contributed by atoms with Crippen molar-refractivity contribution < 1.29 is 19.1 Å². The number of amides is 2. The molecule has 0 bridgehead atoms.